The van der Waals surface area contributed by atoms with Gasteiger partial charge in [-0.05, 0) is 24.5 Å². The van der Waals surface area contributed by atoms with Gasteiger partial charge < -0.3 is 25.2 Å². The number of fused-ring (bicyclic) bond motifs is 1. The number of amides is 1. The quantitative estimate of drug-likeness (QED) is 0.317. The molecular weight excluding hydrogens is 461 g/mol. The summed E-state index contributed by atoms with van der Waals surface area (Å²) in [4.78, 5) is 50.8. The number of nitrogens with two attached hydrogens (primary N) is 1. The average molecular weight is 493 g/mol. The van der Waals surface area contributed by atoms with E-state index in [1.807, 2.05) is 24.3 Å². The maximum absolute atomic E-state index is 13.3. The van der Waals surface area contributed by atoms with Gasteiger partial charge in [-0.15, -0.1) is 0 Å². The third kappa shape index (κ3) is 6.00. The van der Waals surface area contributed by atoms with Gasteiger partial charge in [0.2, 0.25) is 0 Å². The second-order valence-corrected chi connectivity index (χ2v) is 11.7. The first-order chi connectivity index (χ1) is 15.7. The van der Waals surface area contributed by atoms with Gasteiger partial charge in [-0.1, -0.05) is 32.0 Å². The zero-order valence-corrected chi connectivity index (χ0v) is 21.1. The first-order valence-corrected chi connectivity index (χ1v) is 13.3. The predicted molar refractivity (Wildman–Crippen MR) is 128 cm³/mol. The number of hydrogen-bond acceptors (Lipinski definition) is 7. The summed E-state index contributed by atoms with van der Waals surface area (Å²) in [5, 5.41) is 13.2. The fraction of sp³-hybridized carbons (Fsp3) is 0.478. The highest BCUT2D eigenvalue weighted by Crippen LogP contribution is 2.37. The fourth-order valence-electron chi connectivity index (χ4n) is 3.83. The van der Waals surface area contributed by atoms with Gasteiger partial charge in [0.1, 0.15) is 18.2 Å². The van der Waals surface area contributed by atoms with Crippen molar-refractivity contribution >= 4 is 41.7 Å². The van der Waals surface area contributed by atoms with E-state index in [0.29, 0.717) is 11.3 Å². The summed E-state index contributed by atoms with van der Waals surface area (Å²) in [5.41, 5.74) is 7.72. The van der Waals surface area contributed by atoms with Crippen molar-refractivity contribution in [1.82, 2.24) is 9.88 Å². The second-order valence-electron chi connectivity index (χ2n) is 8.98. The summed E-state index contributed by atoms with van der Waals surface area (Å²) in [6.45, 7) is 7.00. The van der Waals surface area contributed by atoms with Crippen LogP contribution in [0.25, 0.3) is 10.9 Å². The van der Waals surface area contributed by atoms with Crippen LogP contribution in [0.3, 0.4) is 0 Å². The monoisotopic (exact) mass is 493 g/mol. The number of carboxylic acids is 1. The molecule has 0 aliphatic rings. The van der Waals surface area contributed by atoms with E-state index in [4.69, 9.17) is 10.3 Å². The Morgan fingerprint density at radius 1 is 1.18 bits per heavy atom. The van der Waals surface area contributed by atoms with Crippen LogP contribution in [0.1, 0.15) is 29.9 Å². The molecule has 0 aliphatic heterocycles. The number of nitrogens with zero attached hydrogens (tertiary/aromatic N) is 1. The number of aliphatic carboxylic acids is 1. The molecule has 3 atom stereocenters. The van der Waals surface area contributed by atoms with Crippen molar-refractivity contribution in [3.8, 4) is 0 Å². The maximum atomic E-state index is 13.3. The number of hydrogen-bond donors (Lipinski definition) is 3. The molecule has 0 aliphatic carbocycles. The van der Waals surface area contributed by atoms with Crippen LogP contribution in [0.5, 0.6) is 0 Å². The molecule has 11 heteroatoms. The fourth-order valence-corrected chi connectivity index (χ4v) is 4.27. The van der Waals surface area contributed by atoms with Crippen LogP contribution >= 0.6 is 7.37 Å². The standard InChI is InChI=1S/C23H32N3O7P/c1-12(2)19(21(28)17(23(30)31)18(24)16(27)11-33-34(5,6)32)25-22(29)20-13(3)14-9-7-8-10-15(14)26(20)4/h7-10,12,17-19H,11,24H2,1-6H3,(H,25,29)(H,30,31)/t17?,18?,19-/m0/s1. The molecule has 1 heterocycles. The van der Waals surface area contributed by atoms with Crippen LogP contribution in [-0.2, 0) is 30.5 Å². The summed E-state index contributed by atoms with van der Waals surface area (Å²) in [7, 11) is -1.29. The number of Topliss-reactive ketones (excluding diaryl/α,β-unsaturated/α-hetero) is 2. The van der Waals surface area contributed by atoms with E-state index in [-0.39, 0.29) is 0 Å². The van der Waals surface area contributed by atoms with Gasteiger partial charge >= 0.3 is 5.97 Å². The highest BCUT2D eigenvalue weighted by Gasteiger charge is 2.42. The zero-order valence-electron chi connectivity index (χ0n) is 20.2. The Morgan fingerprint density at radius 2 is 1.76 bits per heavy atom. The number of rotatable bonds is 11. The number of carbonyl (C=O) groups is 4. The van der Waals surface area contributed by atoms with Gasteiger partial charge in [0.05, 0.1) is 12.1 Å². The smallest absolute Gasteiger partial charge is 0.316 e. The minimum absolute atomic E-state index is 0.335. The first kappa shape index (κ1) is 27.4. The molecule has 2 aromatic rings. The average Bonchev–Trinajstić information content (AvgIpc) is 2.99. The Kier molecular flexibility index (Phi) is 8.58. The number of aromatic nitrogens is 1. The Bertz CT molecular complexity index is 1130. The highest BCUT2D eigenvalue weighted by molar-refractivity contribution is 7.57. The van der Waals surface area contributed by atoms with Crippen molar-refractivity contribution in [1.29, 1.82) is 0 Å². The molecule has 0 saturated carbocycles. The first-order valence-electron chi connectivity index (χ1n) is 10.8. The lowest BCUT2D eigenvalue weighted by Gasteiger charge is -2.27. The highest BCUT2D eigenvalue weighted by atomic mass is 31.2. The van der Waals surface area contributed by atoms with Gasteiger partial charge in [-0.2, -0.15) is 0 Å². The molecule has 0 bridgehead atoms. The van der Waals surface area contributed by atoms with Crippen LogP contribution in [0.15, 0.2) is 24.3 Å². The minimum Gasteiger partial charge on any atom is -0.481 e. The molecular formula is C23H32N3O7P. The van der Waals surface area contributed by atoms with Crippen molar-refractivity contribution in [3.63, 3.8) is 0 Å². The molecule has 10 nitrogen and oxygen atoms in total. The van der Waals surface area contributed by atoms with Crippen LogP contribution in [-0.4, -0.2) is 65.1 Å². The molecule has 0 saturated heterocycles. The number of para-hydroxylation sites is 1. The molecule has 1 aromatic carbocycles. The lowest BCUT2D eigenvalue weighted by molar-refractivity contribution is -0.150. The van der Waals surface area contributed by atoms with Gasteiger partial charge in [-0.3, -0.25) is 23.7 Å². The minimum atomic E-state index is -3.01. The molecule has 186 valence electrons. The number of nitrogens with one attached hydrogen (secondary N) is 1. The molecule has 4 N–H and O–H groups in total. The molecule has 1 aromatic heterocycles. The van der Waals surface area contributed by atoms with Gasteiger partial charge in [0.25, 0.3) is 5.91 Å². The van der Waals surface area contributed by atoms with Gasteiger partial charge in [0, 0.05) is 31.3 Å². The third-order valence-corrected chi connectivity index (χ3v) is 6.41. The van der Waals surface area contributed by atoms with E-state index < -0.39 is 61.3 Å². The van der Waals surface area contributed by atoms with Crippen molar-refractivity contribution < 1.29 is 33.4 Å². The van der Waals surface area contributed by atoms with Crippen molar-refractivity contribution in [3.05, 3.63) is 35.5 Å². The summed E-state index contributed by atoms with van der Waals surface area (Å²) in [5.74, 6) is -6.31. The summed E-state index contributed by atoms with van der Waals surface area (Å²) in [6, 6.07) is 4.50. The number of aryl methyl sites for hydroxylation is 2. The third-order valence-electron chi connectivity index (χ3n) is 5.66. The normalized spacial score (nSPS) is 14.6. The molecule has 0 spiro atoms. The maximum Gasteiger partial charge on any atom is 0.316 e. The van der Waals surface area contributed by atoms with E-state index in [2.05, 4.69) is 5.32 Å². The topological polar surface area (TPSA) is 158 Å². The Balaban J connectivity index is 2.33. The number of benzene rings is 1. The summed E-state index contributed by atoms with van der Waals surface area (Å²) >= 11 is 0. The lowest BCUT2D eigenvalue weighted by Crippen LogP contribution is -2.55. The summed E-state index contributed by atoms with van der Waals surface area (Å²) < 4.78 is 18.4. The largest absolute Gasteiger partial charge is 0.481 e. The lowest BCUT2D eigenvalue weighted by atomic mass is 9.85. The second kappa shape index (κ2) is 10.6. The number of carbonyl (C=O) groups excluding carboxylic acids is 3. The van der Waals surface area contributed by atoms with E-state index in [1.54, 1.807) is 32.4 Å². The number of ketones is 2. The predicted octanol–water partition coefficient (Wildman–Crippen LogP) is 1.96. The van der Waals surface area contributed by atoms with E-state index in [0.717, 1.165) is 10.9 Å². The van der Waals surface area contributed by atoms with Gasteiger partial charge in [0.15, 0.2) is 18.9 Å². The molecule has 1 amide bonds. The van der Waals surface area contributed by atoms with Gasteiger partial charge in [-0.25, -0.2) is 0 Å². The van der Waals surface area contributed by atoms with Crippen LogP contribution in [0.4, 0.5) is 0 Å². The van der Waals surface area contributed by atoms with Crippen molar-refractivity contribution in [2.75, 3.05) is 19.9 Å². The van der Waals surface area contributed by atoms with Crippen LogP contribution in [0, 0.1) is 18.8 Å². The van der Waals surface area contributed by atoms with Crippen molar-refractivity contribution in [2.45, 2.75) is 32.9 Å². The van der Waals surface area contributed by atoms with E-state index in [9.17, 15) is 28.8 Å². The van der Waals surface area contributed by atoms with Crippen LogP contribution < -0.4 is 11.1 Å². The molecule has 2 rings (SSSR count). The summed E-state index contributed by atoms with van der Waals surface area (Å²) in [6.07, 6.45) is 0. The Labute approximate surface area is 198 Å². The van der Waals surface area contributed by atoms with E-state index >= 15 is 0 Å². The van der Waals surface area contributed by atoms with Crippen molar-refractivity contribution in [2.24, 2.45) is 24.6 Å². The van der Waals surface area contributed by atoms with Crippen LogP contribution in [0.2, 0.25) is 0 Å². The Hall–Kier alpha value is -2.81. The molecule has 0 radical (unpaired) electrons. The zero-order chi connectivity index (χ0) is 26.0. The SMILES string of the molecule is Cc1c(C(=O)N[C@H](C(=O)C(C(=O)O)C(N)C(=O)COP(C)(C)=O)C(C)C)n(C)c2ccccc12. The molecule has 34 heavy (non-hydrogen) atoms. The Morgan fingerprint density at radius 3 is 2.26 bits per heavy atom. The molecule has 2 unspecified atom stereocenters. The van der Waals surface area contributed by atoms with E-state index in [1.165, 1.54) is 13.3 Å². The number of carboxylic acid groups (broad SMARTS) is 1. The molecule has 0 fully saturated rings.